The fraction of sp³-hybridized carbons (Fsp3) is 0.462. The van der Waals surface area contributed by atoms with E-state index >= 15 is 0 Å². The maximum Gasteiger partial charge on any atom is 0.324 e. The molecule has 2 aromatic heterocycles. The third kappa shape index (κ3) is 4.34. The number of rotatable bonds is 8. The predicted molar refractivity (Wildman–Crippen MR) is 78.4 cm³/mol. The lowest BCUT2D eigenvalue weighted by Crippen LogP contribution is -2.09. The molecule has 0 atom stereocenters. The van der Waals surface area contributed by atoms with Gasteiger partial charge in [0.05, 0.1) is 6.61 Å². The zero-order valence-electron chi connectivity index (χ0n) is 11.6. The van der Waals surface area contributed by atoms with Crippen molar-refractivity contribution in [3.63, 3.8) is 0 Å². The second-order valence-electron chi connectivity index (χ2n) is 3.97. The summed E-state index contributed by atoms with van der Waals surface area (Å²) < 4.78 is 11.0. The van der Waals surface area contributed by atoms with Crippen LogP contribution in [-0.2, 0) is 6.61 Å². The summed E-state index contributed by atoms with van der Waals surface area (Å²) in [5.74, 6) is 0.467. The highest BCUT2D eigenvalue weighted by molar-refractivity contribution is 7.09. The van der Waals surface area contributed by atoms with E-state index in [0.29, 0.717) is 25.2 Å². The molecule has 0 amide bonds. The summed E-state index contributed by atoms with van der Waals surface area (Å²) in [5.41, 5.74) is 0. The van der Waals surface area contributed by atoms with E-state index < -0.39 is 0 Å². The van der Waals surface area contributed by atoms with Gasteiger partial charge in [-0.15, -0.1) is 16.3 Å². The van der Waals surface area contributed by atoms with Crippen molar-refractivity contribution in [1.82, 2.24) is 15.0 Å². The third-order valence-electron chi connectivity index (χ3n) is 2.29. The lowest BCUT2D eigenvalue weighted by atomic mass is 10.5. The van der Waals surface area contributed by atoms with Gasteiger partial charge in [-0.3, -0.25) is 0 Å². The van der Waals surface area contributed by atoms with Crippen LogP contribution in [0.25, 0.3) is 0 Å². The van der Waals surface area contributed by atoms with Gasteiger partial charge in [0.25, 0.3) is 0 Å². The Labute approximate surface area is 122 Å². The van der Waals surface area contributed by atoms with E-state index in [-0.39, 0.29) is 6.01 Å². The summed E-state index contributed by atoms with van der Waals surface area (Å²) in [6.07, 6.45) is 0.896. The van der Waals surface area contributed by atoms with Gasteiger partial charge in [-0.25, -0.2) is 0 Å². The van der Waals surface area contributed by atoms with Crippen molar-refractivity contribution in [3.05, 3.63) is 22.4 Å². The molecule has 2 aromatic rings. The molecule has 20 heavy (non-hydrogen) atoms. The van der Waals surface area contributed by atoms with Crippen LogP contribution in [-0.4, -0.2) is 28.1 Å². The normalized spacial score (nSPS) is 10.3. The van der Waals surface area contributed by atoms with Crippen molar-refractivity contribution in [2.75, 3.05) is 18.5 Å². The van der Waals surface area contributed by atoms with Crippen molar-refractivity contribution < 1.29 is 9.47 Å². The molecule has 0 saturated heterocycles. The summed E-state index contributed by atoms with van der Waals surface area (Å²) in [5, 5.41) is 5.04. The van der Waals surface area contributed by atoms with Crippen LogP contribution in [0, 0.1) is 0 Å². The number of anilines is 1. The van der Waals surface area contributed by atoms with Crippen molar-refractivity contribution in [3.8, 4) is 12.0 Å². The summed E-state index contributed by atoms with van der Waals surface area (Å²) in [6, 6.07) is 4.55. The fourth-order valence-electron chi connectivity index (χ4n) is 1.43. The maximum atomic E-state index is 5.59. The standard InChI is InChI=1S/C13H18N4O2S/c1-3-7-18-12-15-11(14-4-2)16-13(17-12)19-9-10-6-5-8-20-10/h5-6,8H,3-4,7,9H2,1-2H3,(H,14,15,16,17). The van der Waals surface area contributed by atoms with Crippen molar-refractivity contribution in [1.29, 1.82) is 0 Å². The van der Waals surface area contributed by atoms with E-state index in [2.05, 4.69) is 20.3 Å². The predicted octanol–water partition coefficient (Wildman–Crippen LogP) is 2.73. The van der Waals surface area contributed by atoms with Crippen LogP contribution < -0.4 is 14.8 Å². The molecule has 1 N–H and O–H groups in total. The van der Waals surface area contributed by atoms with Gasteiger partial charge in [0.15, 0.2) is 0 Å². The van der Waals surface area contributed by atoms with E-state index in [1.807, 2.05) is 31.4 Å². The zero-order valence-corrected chi connectivity index (χ0v) is 12.4. The maximum absolute atomic E-state index is 5.59. The largest absolute Gasteiger partial charge is 0.463 e. The number of aromatic nitrogens is 3. The van der Waals surface area contributed by atoms with E-state index in [0.717, 1.165) is 17.8 Å². The van der Waals surface area contributed by atoms with Crippen LogP contribution in [0.4, 0.5) is 5.95 Å². The molecule has 0 spiro atoms. The Balaban J connectivity index is 2.06. The van der Waals surface area contributed by atoms with Gasteiger partial charge in [0.2, 0.25) is 5.95 Å². The van der Waals surface area contributed by atoms with Gasteiger partial charge >= 0.3 is 12.0 Å². The average molecular weight is 294 g/mol. The van der Waals surface area contributed by atoms with E-state index in [1.54, 1.807) is 11.3 Å². The molecular formula is C13H18N4O2S. The first kappa shape index (κ1) is 14.5. The molecule has 2 rings (SSSR count). The van der Waals surface area contributed by atoms with Crippen molar-refractivity contribution in [2.24, 2.45) is 0 Å². The lowest BCUT2D eigenvalue weighted by molar-refractivity contribution is 0.257. The Morgan fingerprint density at radius 1 is 1.15 bits per heavy atom. The number of thiophene rings is 1. The summed E-state index contributed by atoms with van der Waals surface area (Å²) in [7, 11) is 0. The molecule has 0 aliphatic rings. The molecule has 6 nitrogen and oxygen atoms in total. The number of nitrogens with zero attached hydrogens (tertiary/aromatic N) is 3. The smallest absolute Gasteiger partial charge is 0.324 e. The Kier molecular flexibility index (Phi) is 5.55. The lowest BCUT2D eigenvalue weighted by Gasteiger charge is -2.08. The summed E-state index contributed by atoms with van der Waals surface area (Å²) >= 11 is 1.63. The molecule has 7 heteroatoms. The fourth-order valence-corrected chi connectivity index (χ4v) is 2.04. The molecule has 108 valence electrons. The first-order valence-electron chi connectivity index (χ1n) is 6.59. The molecular weight excluding hydrogens is 276 g/mol. The van der Waals surface area contributed by atoms with Crippen LogP contribution in [0.1, 0.15) is 25.1 Å². The minimum Gasteiger partial charge on any atom is -0.463 e. The molecule has 0 fully saturated rings. The second kappa shape index (κ2) is 7.64. The Hall–Kier alpha value is -1.89. The van der Waals surface area contributed by atoms with Crippen LogP contribution in [0.15, 0.2) is 17.5 Å². The topological polar surface area (TPSA) is 69.2 Å². The van der Waals surface area contributed by atoms with Crippen LogP contribution >= 0.6 is 11.3 Å². The number of ether oxygens (including phenoxy) is 2. The molecule has 0 unspecified atom stereocenters. The van der Waals surface area contributed by atoms with Gasteiger partial charge in [-0.2, -0.15) is 9.97 Å². The number of nitrogens with one attached hydrogen (secondary N) is 1. The van der Waals surface area contributed by atoms with Crippen LogP contribution in [0.3, 0.4) is 0 Å². The first-order valence-corrected chi connectivity index (χ1v) is 7.47. The molecule has 0 aromatic carbocycles. The molecule has 2 heterocycles. The van der Waals surface area contributed by atoms with Gasteiger partial charge in [-0.05, 0) is 24.8 Å². The number of hydrogen-bond acceptors (Lipinski definition) is 7. The second-order valence-corrected chi connectivity index (χ2v) is 5.00. The molecule has 0 radical (unpaired) electrons. The average Bonchev–Trinajstić information content (AvgIpc) is 2.96. The van der Waals surface area contributed by atoms with Gasteiger partial charge in [-0.1, -0.05) is 13.0 Å². The first-order chi connectivity index (χ1) is 9.81. The Morgan fingerprint density at radius 3 is 2.60 bits per heavy atom. The van der Waals surface area contributed by atoms with Crippen molar-refractivity contribution in [2.45, 2.75) is 26.9 Å². The third-order valence-corrected chi connectivity index (χ3v) is 3.14. The van der Waals surface area contributed by atoms with Gasteiger partial charge < -0.3 is 14.8 Å². The van der Waals surface area contributed by atoms with Gasteiger partial charge in [0, 0.05) is 11.4 Å². The number of hydrogen-bond donors (Lipinski definition) is 1. The van der Waals surface area contributed by atoms with E-state index in [1.165, 1.54) is 0 Å². The molecule has 0 bridgehead atoms. The minimum absolute atomic E-state index is 0.274. The molecule has 0 aliphatic carbocycles. The van der Waals surface area contributed by atoms with Crippen LogP contribution in [0.2, 0.25) is 0 Å². The van der Waals surface area contributed by atoms with Crippen molar-refractivity contribution >= 4 is 17.3 Å². The van der Waals surface area contributed by atoms with Crippen LogP contribution in [0.5, 0.6) is 12.0 Å². The zero-order chi connectivity index (χ0) is 14.2. The minimum atomic E-state index is 0.274. The summed E-state index contributed by atoms with van der Waals surface area (Å²) in [4.78, 5) is 13.6. The monoisotopic (exact) mass is 294 g/mol. The van der Waals surface area contributed by atoms with Gasteiger partial charge in [0.1, 0.15) is 6.61 Å². The Morgan fingerprint density at radius 2 is 1.95 bits per heavy atom. The molecule has 0 saturated carbocycles. The van der Waals surface area contributed by atoms with E-state index in [9.17, 15) is 0 Å². The highest BCUT2D eigenvalue weighted by Gasteiger charge is 2.08. The quantitative estimate of drug-likeness (QED) is 0.807. The van der Waals surface area contributed by atoms with E-state index in [4.69, 9.17) is 9.47 Å². The summed E-state index contributed by atoms with van der Waals surface area (Å²) in [6.45, 7) is 5.74. The Bertz CT molecular complexity index is 519. The highest BCUT2D eigenvalue weighted by atomic mass is 32.1. The SMILES string of the molecule is CCCOc1nc(NCC)nc(OCc2cccs2)n1. The molecule has 0 aliphatic heterocycles. The highest BCUT2D eigenvalue weighted by Crippen LogP contribution is 2.16.